The van der Waals surface area contributed by atoms with E-state index >= 15 is 0 Å². The van der Waals surface area contributed by atoms with Crippen LogP contribution in [0.4, 0.5) is 32.3 Å². The number of hydrogen-bond donors (Lipinski definition) is 2. The number of carbonyl (C=O) groups is 2. The molecule has 0 spiro atoms. The normalized spacial score (nSPS) is 10.6. The van der Waals surface area contributed by atoms with Crippen molar-refractivity contribution >= 4 is 34.8 Å². The van der Waals surface area contributed by atoms with Gasteiger partial charge in [-0.2, -0.15) is 0 Å². The number of anilines is 4. The van der Waals surface area contributed by atoms with Crippen molar-refractivity contribution in [3.63, 3.8) is 0 Å². The Hall–Kier alpha value is -4.58. The Morgan fingerprint density at radius 2 is 0.902 bits per heavy atom. The molecule has 6 heteroatoms. The van der Waals surface area contributed by atoms with Crippen LogP contribution in [0.1, 0.15) is 50.7 Å². The second-order valence-electron chi connectivity index (χ2n) is 10.1. The first kappa shape index (κ1) is 29.4. The molecule has 212 valence electrons. The maximum Gasteiger partial charge on any atom is 0.326 e. The van der Waals surface area contributed by atoms with Crippen LogP contribution in [0.25, 0.3) is 0 Å². The molecule has 4 amide bonds. The molecule has 41 heavy (non-hydrogen) atoms. The fourth-order valence-electron chi connectivity index (χ4n) is 4.57. The number of para-hydroxylation sites is 2. The molecule has 0 atom stereocenters. The van der Waals surface area contributed by atoms with Gasteiger partial charge in [-0.05, 0) is 78.9 Å². The van der Waals surface area contributed by atoms with Crippen molar-refractivity contribution in [2.75, 3.05) is 33.5 Å². The Labute approximate surface area is 244 Å². The maximum absolute atomic E-state index is 13.1. The van der Waals surface area contributed by atoms with Gasteiger partial charge in [-0.3, -0.25) is 9.80 Å². The average Bonchev–Trinajstić information content (AvgIpc) is 3.00. The minimum Gasteiger partial charge on any atom is -0.308 e. The number of nitrogens with one attached hydrogen (secondary N) is 2. The molecule has 4 rings (SSSR count). The molecule has 4 aromatic rings. The summed E-state index contributed by atoms with van der Waals surface area (Å²) >= 11 is 0. The molecule has 0 heterocycles. The van der Waals surface area contributed by atoms with Crippen molar-refractivity contribution in [2.24, 2.45) is 0 Å². The zero-order valence-corrected chi connectivity index (χ0v) is 24.1. The van der Waals surface area contributed by atoms with E-state index in [0.29, 0.717) is 13.1 Å². The molecule has 4 aromatic carbocycles. The van der Waals surface area contributed by atoms with Crippen LogP contribution in [0.2, 0.25) is 0 Å². The van der Waals surface area contributed by atoms with Gasteiger partial charge in [0.15, 0.2) is 0 Å². The third-order valence-corrected chi connectivity index (χ3v) is 6.92. The Bertz CT molecular complexity index is 1250. The van der Waals surface area contributed by atoms with Crippen LogP contribution < -0.4 is 20.4 Å². The number of urea groups is 2. The SMILES string of the molecule is CCCCN(C(=O)Nc1ccc(Cc2ccc(NC(=O)N(CCCC)c3ccccc3)cc2)cc1)c1ccccc1. The van der Waals surface area contributed by atoms with Crippen molar-refractivity contribution in [1.29, 1.82) is 0 Å². The van der Waals surface area contributed by atoms with Crippen molar-refractivity contribution in [1.82, 2.24) is 0 Å². The van der Waals surface area contributed by atoms with E-state index in [-0.39, 0.29) is 12.1 Å². The van der Waals surface area contributed by atoms with Gasteiger partial charge in [0.05, 0.1) is 0 Å². The van der Waals surface area contributed by atoms with Crippen LogP contribution in [-0.4, -0.2) is 25.2 Å². The van der Waals surface area contributed by atoms with Crippen LogP contribution >= 0.6 is 0 Å². The van der Waals surface area contributed by atoms with Gasteiger partial charge in [-0.25, -0.2) is 9.59 Å². The van der Waals surface area contributed by atoms with Crippen molar-refractivity contribution in [2.45, 2.75) is 46.0 Å². The zero-order chi connectivity index (χ0) is 28.9. The smallest absolute Gasteiger partial charge is 0.308 e. The van der Waals surface area contributed by atoms with Gasteiger partial charge in [0.1, 0.15) is 0 Å². The number of nitrogens with zero attached hydrogens (tertiary/aromatic N) is 2. The highest BCUT2D eigenvalue weighted by molar-refractivity contribution is 6.02. The minimum absolute atomic E-state index is 0.129. The highest BCUT2D eigenvalue weighted by Gasteiger charge is 2.16. The molecule has 6 nitrogen and oxygen atoms in total. The molecule has 0 bridgehead atoms. The lowest BCUT2D eigenvalue weighted by atomic mass is 10.0. The van der Waals surface area contributed by atoms with Crippen molar-refractivity contribution in [3.8, 4) is 0 Å². The van der Waals surface area contributed by atoms with Crippen molar-refractivity contribution < 1.29 is 9.59 Å². The van der Waals surface area contributed by atoms with E-state index in [2.05, 4.69) is 24.5 Å². The first-order valence-electron chi connectivity index (χ1n) is 14.5. The van der Waals surface area contributed by atoms with Gasteiger partial charge in [0, 0.05) is 35.8 Å². The lowest BCUT2D eigenvalue weighted by molar-refractivity contribution is 0.256. The van der Waals surface area contributed by atoms with Gasteiger partial charge in [0.25, 0.3) is 0 Å². The van der Waals surface area contributed by atoms with Crippen LogP contribution in [0.3, 0.4) is 0 Å². The largest absolute Gasteiger partial charge is 0.326 e. The first-order valence-corrected chi connectivity index (χ1v) is 14.5. The quantitative estimate of drug-likeness (QED) is 0.186. The average molecular weight is 549 g/mol. The van der Waals surface area contributed by atoms with E-state index in [4.69, 9.17) is 0 Å². The van der Waals surface area contributed by atoms with Crippen LogP contribution in [0.5, 0.6) is 0 Å². The molecule has 0 aliphatic heterocycles. The number of benzene rings is 4. The van der Waals surface area contributed by atoms with Gasteiger partial charge in [-0.15, -0.1) is 0 Å². The number of carbonyl (C=O) groups excluding carboxylic acids is 2. The summed E-state index contributed by atoms with van der Waals surface area (Å²) in [6.45, 7) is 5.59. The molecular weight excluding hydrogens is 508 g/mol. The van der Waals surface area contributed by atoms with Crippen LogP contribution in [0, 0.1) is 0 Å². The van der Waals surface area contributed by atoms with Crippen molar-refractivity contribution in [3.05, 3.63) is 120 Å². The number of unbranched alkanes of at least 4 members (excludes halogenated alkanes) is 2. The molecule has 0 aliphatic carbocycles. The Morgan fingerprint density at radius 1 is 0.537 bits per heavy atom. The number of hydrogen-bond acceptors (Lipinski definition) is 2. The molecule has 0 saturated carbocycles. The molecule has 0 saturated heterocycles. The summed E-state index contributed by atoms with van der Waals surface area (Å²) in [7, 11) is 0. The van der Waals surface area contributed by atoms with Crippen LogP contribution in [-0.2, 0) is 6.42 Å². The second kappa shape index (κ2) is 15.3. The zero-order valence-electron chi connectivity index (χ0n) is 24.1. The Morgan fingerprint density at radius 3 is 1.24 bits per heavy atom. The first-order chi connectivity index (χ1) is 20.1. The van der Waals surface area contributed by atoms with Gasteiger partial charge in [0.2, 0.25) is 0 Å². The van der Waals surface area contributed by atoms with E-state index in [1.807, 2.05) is 109 Å². The number of amides is 4. The maximum atomic E-state index is 13.1. The summed E-state index contributed by atoms with van der Waals surface area (Å²) in [6.07, 6.45) is 4.66. The molecule has 2 N–H and O–H groups in total. The fraction of sp³-hybridized carbons (Fsp3) is 0.257. The summed E-state index contributed by atoms with van der Waals surface area (Å²) in [5, 5.41) is 6.08. The molecule has 0 fully saturated rings. The Kier molecular flexibility index (Phi) is 11.0. The lowest BCUT2D eigenvalue weighted by Crippen LogP contribution is -2.35. The second-order valence-corrected chi connectivity index (χ2v) is 10.1. The minimum atomic E-state index is -0.129. The summed E-state index contributed by atoms with van der Waals surface area (Å²) in [6, 6.07) is 35.2. The summed E-state index contributed by atoms with van der Waals surface area (Å²) in [4.78, 5) is 29.7. The third-order valence-electron chi connectivity index (χ3n) is 6.92. The molecule has 0 radical (unpaired) electrons. The monoisotopic (exact) mass is 548 g/mol. The highest BCUT2D eigenvalue weighted by Crippen LogP contribution is 2.20. The van der Waals surface area contributed by atoms with E-state index in [0.717, 1.165) is 66.0 Å². The van der Waals surface area contributed by atoms with Gasteiger partial charge >= 0.3 is 12.1 Å². The topological polar surface area (TPSA) is 64.7 Å². The van der Waals surface area contributed by atoms with E-state index < -0.39 is 0 Å². The van der Waals surface area contributed by atoms with E-state index in [1.165, 1.54) is 0 Å². The predicted octanol–water partition coefficient (Wildman–Crippen LogP) is 8.95. The van der Waals surface area contributed by atoms with Gasteiger partial charge in [-0.1, -0.05) is 87.4 Å². The molecule has 0 aliphatic rings. The molecule has 0 aromatic heterocycles. The summed E-state index contributed by atoms with van der Waals surface area (Å²) < 4.78 is 0. The summed E-state index contributed by atoms with van der Waals surface area (Å²) in [5.41, 5.74) is 5.59. The van der Waals surface area contributed by atoms with E-state index in [1.54, 1.807) is 9.80 Å². The van der Waals surface area contributed by atoms with Crippen LogP contribution in [0.15, 0.2) is 109 Å². The van der Waals surface area contributed by atoms with E-state index in [9.17, 15) is 9.59 Å². The lowest BCUT2D eigenvalue weighted by Gasteiger charge is -2.23. The number of rotatable bonds is 12. The standard InChI is InChI=1S/C35H40N4O2/c1-3-5-25-38(32-13-9-7-10-14-32)34(40)36-30-21-17-28(18-22-30)27-29-19-23-31(24-20-29)37-35(41)39(26-6-4-2)33-15-11-8-12-16-33/h7-24H,3-6,25-27H2,1-2H3,(H,36,40)(H,37,41). The highest BCUT2D eigenvalue weighted by atomic mass is 16.2. The summed E-state index contributed by atoms with van der Waals surface area (Å²) in [5.74, 6) is 0. The predicted molar refractivity (Wildman–Crippen MR) is 171 cm³/mol. The fourth-order valence-corrected chi connectivity index (χ4v) is 4.57. The molecule has 0 unspecified atom stereocenters. The van der Waals surface area contributed by atoms with Gasteiger partial charge < -0.3 is 10.6 Å². The third kappa shape index (κ3) is 8.70. The Balaban J connectivity index is 1.34. The molecular formula is C35H40N4O2.